The maximum Gasteiger partial charge on any atom is 0.211 e. The number of hydrogen-bond donors (Lipinski definition) is 2. The zero-order valence-electron chi connectivity index (χ0n) is 12.0. The monoisotopic (exact) mass is 292 g/mol. The topological polar surface area (TPSA) is 66.4 Å². The number of carbonyl (C=O) groups excluding carboxylic acids is 1. The van der Waals surface area contributed by atoms with Gasteiger partial charge in [-0.25, -0.2) is 0 Å². The average Bonchev–Trinajstić information content (AvgIpc) is 3.40. The summed E-state index contributed by atoms with van der Waals surface area (Å²) in [7, 11) is 0. The highest BCUT2D eigenvalue weighted by Crippen LogP contribution is 2.39. The maximum absolute atomic E-state index is 10.7. The Labute approximate surface area is 128 Å². The zero-order chi connectivity index (χ0) is 14.9. The van der Waals surface area contributed by atoms with Gasteiger partial charge in [0.25, 0.3) is 0 Å². The molecule has 4 rings (SSSR count). The number of carbonyl (C=O) groups is 1. The van der Waals surface area contributed by atoms with E-state index in [1.165, 1.54) is 12.8 Å². The van der Waals surface area contributed by atoms with Crippen LogP contribution in [0.4, 0.5) is 11.4 Å². The molecule has 1 aromatic heterocycles. The summed E-state index contributed by atoms with van der Waals surface area (Å²) in [5.41, 5.74) is 6.00. The first kappa shape index (κ1) is 13.0. The van der Waals surface area contributed by atoms with Crippen molar-refractivity contribution in [3.8, 4) is 0 Å². The van der Waals surface area contributed by atoms with E-state index in [0.717, 1.165) is 33.9 Å². The van der Waals surface area contributed by atoms with Crippen molar-refractivity contribution in [1.29, 1.82) is 0 Å². The molecular formula is C17H16N4O. The predicted octanol–water partition coefficient (Wildman–Crippen LogP) is 2.75. The molecule has 5 heteroatoms. The molecule has 110 valence electrons. The minimum Gasteiger partial charge on any atom is -0.366 e. The number of benzene rings is 1. The minimum atomic E-state index is 0.559. The molecule has 0 spiro atoms. The fraction of sp³-hybridized carbons (Fsp3) is 0.235. The second kappa shape index (κ2) is 5.26. The maximum atomic E-state index is 10.7. The van der Waals surface area contributed by atoms with E-state index in [1.54, 1.807) is 0 Å². The van der Waals surface area contributed by atoms with Crippen LogP contribution in [0, 0.1) is 0 Å². The van der Waals surface area contributed by atoms with E-state index in [1.807, 2.05) is 30.5 Å². The first-order valence-corrected chi connectivity index (χ1v) is 7.44. The molecule has 1 aliphatic heterocycles. The van der Waals surface area contributed by atoms with Crippen molar-refractivity contribution < 1.29 is 4.79 Å². The number of anilines is 2. The smallest absolute Gasteiger partial charge is 0.211 e. The van der Waals surface area contributed by atoms with Gasteiger partial charge in [-0.1, -0.05) is 0 Å². The molecule has 5 nitrogen and oxygen atoms in total. The van der Waals surface area contributed by atoms with Crippen LogP contribution in [0.3, 0.4) is 0 Å². The van der Waals surface area contributed by atoms with Crippen LogP contribution >= 0.6 is 0 Å². The Balaban J connectivity index is 1.76. The predicted molar refractivity (Wildman–Crippen MR) is 86.5 cm³/mol. The molecule has 1 aliphatic carbocycles. The summed E-state index contributed by atoms with van der Waals surface area (Å²) < 4.78 is 0. The second-order valence-corrected chi connectivity index (χ2v) is 5.61. The van der Waals surface area contributed by atoms with Crippen molar-refractivity contribution in [2.24, 2.45) is 4.99 Å². The number of pyridine rings is 1. The summed E-state index contributed by atoms with van der Waals surface area (Å²) in [5.74, 6) is 0.616. The van der Waals surface area contributed by atoms with Crippen LogP contribution in [0.1, 0.15) is 35.6 Å². The van der Waals surface area contributed by atoms with E-state index in [9.17, 15) is 4.79 Å². The fourth-order valence-electron chi connectivity index (χ4n) is 2.79. The molecule has 2 aromatic rings. The number of amides is 1. The van der Waals surface area contributed by atoms with Crippen molar-refractivity contribution in [3.05, 3.63) is 53.3 Å². The van der Waals surface area contributed by atoms with Crippen molar-refractivity contribution >= 4 is 23.5 Å². The molecule has 0 saturated heterocycles. The van der Waals surface area contributed by atoms with Crippen LogP contribution in [0.2, 0.25) is 0 Å². The summed E-state index contributed by atoms with van der Waals surface area (Å²) in [6.45, 7) is 0.559. The molecule has 0 unspecified atom stereocenters. The third-order valence-electron chi connectivity index (χ3n) is 4.06. The van der Waals surface area contributed by atoms with E-state index in [-0.39, 0.29) is 0 Å². The van der Waals surface area contributed by atoms with Crippen LogP contribution in [0.25, 0.3) is 0 Å². The van der Waals surface area contributed by atoms with Crippen LogP contribution in [0.15, 0.2) is 41.5 Å². The van der Waals surface area contributed by atoms with Gasteiger partial charge in [-0.15, -0.1) is 0 Å². The number of nitrogens with one attached hydrogen (secondary N) is 2. The Morgan fingerprint density at radius 3 is 2.95 bits per heavy atom. The summed E-state index contributed by atoms with van der Waals surface area (Å²) >= 11 is 0. The molecule has 22 heavy (non-hydrogen) atoms. The van der Waals surface area contributed by atoms with Gasteiger partial charge in [-0.05, 0) is 43.2 Å². The number of hydrogen-bond acceptors (Lipinski definition) is 4. The Hall–Kier alpha value is -2.69. The quantitative estimate of drug-likeness (QED) is 0.852. The highest BCUT2D eigenvalue weighted by Gasteiger charge is 2.26. The fourth-order valence-corrected chi connectivity index (χ4v) is 2.79. The van der Waals surface area contributed by atoms with Gasteiger partial charge in [0.1, 0.15) is 6.67 Å². The summed E-state index contributed by atoms with van der Waals surface area (Å²) in [6.07, 6.45) is 5.01. The lowest BCUT2D eigenvalue weighted by atomic mass is 9.98. The summed E-state index contributed by atoms with van der Waals surface area (Å²) in [4.78, 5) is 19.7. The number of rotatable bonds is 4. The molecule has 1 saturated carbocycles. The van der Waals surface area contributed by atoms with E-state index >= 15 is 0 Å². The summed E-state index contributed by atoms with van der Waals surface area (Å²) in [6, 6.07) is 9.95. The first-order valence-electron chi connectivity index (χ1n) is 7.44. The van der Waals surface area contributed by atoms with Crippen molar-refractivity contribution in [3.63, 3.8) is 0 Å². The lowest BCUT2D eigenvalue weighted by Gasteiger charge is -2.20. The standard InChI is InChI=1S/C17H16N4O/c22-10-21-13-3-4-15-14(8-13)17(20-9-19-15)12-5-6-18-16(7-12)11-1-2-11/h3-8,10-11,19H,1-2,9H2,(H,21,22). The Bertz CT molecular complexity index is 765. The number of aromatic nitrogens is 1. The number of fused-ring (bicyclic) bond motifs is 1. The number of aliphatic imine (C=N–C) groups is 1. The highest BCUT2D eigenvalue weighted by molar-refractivity contribution is 6.17. The van der Waals surface area contributed by atoms with E-state index in [4.69, 9.17) is 0 Å². The van der Waals surface area contributed by atoms with Gasteiger partial charge in [0.05, 0.1) is 5.71 Å². The van der Waals surface area contributed by atoms with Crippen molar-refractivity contribution in [2.45, 2.75) is 18.8 Å². The Morgan fingerprint density at radius 2 is 2.14 bits per heavy atom. The van der Waals surface area contributed by atoms with Gasteiger partial charge < -0.3 is 10.6 Å². The van der Waals surface area contributed by atoms with E-state index in [2.05, 4.69) is 26.7 Å². The Kier molecular flexibility index (Phi) is 3.11. The molecule has 2 N–H and O–H groups in total. The summed E-state index contributed by atoms with van der Waals surface area (Å²) in [5, 5.41) is 5.96. The molecular weight excluding hydrogens is 276 g/mol. The van der Waals surface area contributed by atoms with Crippen LogP contribution in [0.5, 0.6) is 0 Å². The van der Waals surface area contributed by atoms with Gasteiger partial charge in [0.2, 0.25) is 6.41 Å². The van der Waals surface area contributed by atoms with Gasteiger partial charge in [-0.3, -0.25) is 14.8 Å². The minimum absolute atomic E-state index is 0.559. The number of nitrogens with zero attached hydrogens (tertiary/aromatic N) is 2. The molecule has 1 fully saturated rings. The Morgan fingerprint density at radius 1 is 1.23 bits per heavy atom. The second-order valence-electron chi connectivity index (χ2n) is 5.61. The van der Waals surface area contributed by atoms with Gasteiger partial charge >= 0.3 is 0 Å². The molecule has 1 aromatic carbocycles. The van der Waals surface area contributed by atoms with Crippen molar-refractivity contribution in [2.75, 3.05) is 17.3 Å². The zero-order valence-corrected chi connectivity index (χ0v) is 12.0. The van der Waals surface area contributed by atoms with E-state index in [0.29, 0.717) is 19.0 Å². The van der Waals surface area contributed by atoms with Gasteiger partial charge in [-0.2, -0.15) is 0 Å². The highest BCUT2D eigenvalue weighted by atomic mass is 16.1. The third-order valence-corrected chi connectivity index (χ3v) is 4.06. The molecule has 0 atom stereocenters. The van der Waals surface area contributed by atoms with Crippen LogP contribution in [-0.4, -0.2) is 23.8 Å². The molecule has 2 aliphatic rings. The van der Waals surface area contributed by atoms with Crippen LogP contribution < -0.4 is 10.6 Å². The third kappa shape index (κ3) is 2.35. The van der Waals surface area contributed by atoms with Crippen molar-refractivity contribution in [1.82, 2.24) is 4.98 Å². The SMILES string of the molecule is O=CNc1ccc2c(c1)C(c1ccnc(C3CC3)c1)=NCN2. The molecule has 0 radical (unpaired) electrons. The molecule has 2 heterocycles. The largest absolute Gasteiger partial charge is 0.366 e. The van der Waals surface area contributed by atoms with E-state index < -0.39 is 0 Å². The molecule has 0 bridgehead atoms. The molecule has 1 amide bonds. The van der Waals surface area contributed by atoms with Crippen LogP contribution in [-0.2, 0) is 4.79 Å². The lowest BCUT2D eigenvalue weighted by Crippen LogP contribution is -2.17. The van der Waals surface area contributed by atoms with Gasteiger partial charge in [0, 0.05) is 40.3 Å². The van der Waals surface area contributed by atoms with Gasteiger partial charge in [0.15, 0.2) is 0 Å². The average molecular weight is 292 g/mol. The lowest BCUT2D eigenvalue weighted by molar-refractivity contribution is -0.105. The first-order chi connectivity index (χ1) is 10.8. The normalized spacial score (nSPS) is 16.3.